The number of hydrogen-bond donors (Lipinski definition) is 2. The van der Waals surface area contributed by atoms with Gasteiger partial charge in [-0.15, -0.1) is 11.3 Å². The molecule has 182 valence electrons. The van der Waals surface area contributed by atoms with E-state index in [1.165, 1.54) is 34.8 Å². The van der Waals surface area contributed by atoms with Gasteiger partial charge in [0.05, 0.1) is 26.8 Å². The minimum Gasteiger partial charge on any atom is -0.454 e. The first-order valence-corrected chi connectivity index (χ1v) is 12.6. The third-order valence-corrected chi connectivity index (χ3v) is 7.92. The van der Waals surface area contributed by atoms with Gasteiger partial charge in [-0.1, -0.05) is 11.3 Å². The number of rotatable bonds is 5. The highest BCUT2D eigenvalue weighted by molar-refractivity contribution is 7.22. The van der Waals surface area contributed by atoms with Crippen LogP contribution in [-0.4, -0.2) is 33.5 Å². The second kappa shape index (κ2) is 8.84. The van der Waals surface area contributed by atoms with Crippen molar-refractivity contribution in [3.63, 3.8) is 0 Å². The second-order valence-electron chi connectivity index (χ2n) is 8.21. The van der Waals surface area contributed by atoms with E-state index in [4.69, 9.17) is 9.47 Å². The molecule has 36 heavy (non-hydrogen) atoms. The fourth-order valence-corrected chi connectivity index (χ4v) is 6.17. The first-order chi connectivity index (χ1) is 17.4. The number of carbonyl (C=O) groups is 2. The van der Waals surface area contributed by atoms with Crippen molar-refractivity contribution < 1.29 is 24.0 Å². The number of aromatic nitrogens is 2. The number of carbonyl (C=O) groups excluding carboxylic acids is 2. The van der Waals surface area contributed by atoms with Gasteiger partial charge in [-0.25, -0.2) is 9.97 Å². The van der Waals surface area contributed by atoms with Crippen molar-refractivity contribution in [2.45, 2.75) is 25.2 Å². The van der Waals surface area contributed by atoms with Crippen LogP contribution in [0.3, 0.4) is 0 Å². The van der Waals surface area contributed by atoms with Gasteiger partial charge < -0.3 is 14.8 Å². The van der Waals surface area contributed by atoms with Gasteiger partial charge in [0.25, 0.3) is 11.6 Å². The van der Waals surface area contributed by atoms with Crippen LogP contribution in [0.4, 0.5) is 16.0 Å². The van der Waals surface area contributed by atoms with E-state index in [9.17, 15) is 19.7 Å². The summed E-state index contributed by atoms with van der Waals surface area (Å²) in [5.41, 5.74) is 1.62. The summed E-state index contributed by atoms with van der Waals surface area (Å²) in [6.45, 7) is 0.125. The number of aryl methyl sites for hydroxylation is 1. The molecule has 2 aromatic carbocycles. The van der Waals surface area contributed by atoms with Gasteiger partial charge in [-0.2, -0.15) is 0 Å². The summed E-state index contributed by atoms with van der Waals surface area (Å²) in [5, 5.41) is 17.5. The largest absolute Gasteiger partial charge is 0.454 e. The van der Waals surface area contributed by atoms with Crippen molar-refractivity contribution in [3.8, 4) is 11.5 Å². The van der Waals surface area contributed by atoms with E-state index in [1.807, 2.05) is 0 Å². The standard InChI is InChI=1S/C23H17N5O6S2/c29-20(11-4-7-15-16(8-11)34-10-33-15)26-23-25-19-13(2-1-3-17(19)35-23)21(30)27-22-24-14-6-5-12(28(31)32)9-18(14)36-22/h4-9,13H,1-3,10H2,(H,24,27,30)(H,25,26,29). The zero-order chi connectivity index (χ0) is 24.8. The maximum absolute atomic E-state index is 13.1. The summed E-state index contributed by atoms with van der Waals surface area (Å²) in [7, 11) is 0. The summed E-state index contributed by atoms with van der Waals surface area (Å²) in [6.07, 6.45) is 2.21. The molecule has 2 N–H and O–H groups in total. The van der Waals surface area contributed by atoms with Crippen molar-refractivity contribution in [2.24, 2.45) is 0 Å². The van der Waals surface area contributed by atoms with E-state index in [1.54, 1.807) is 24.3 Å². The molecule has 2 amide bonds. The van der Waals surface area contributed by atoms with Gasteiger partial charge in [0.15, 0.2) is 21.8 Å². The van der Waals surface area contributed by atoms with E-state index in [-0.39, 0.29) is 24.3 Å². The summed E-state index contributed by atoms with van der Waals surface area (Å²) in [5.74, 6) is 0.0497. The average Bonchev–Trinajstić information content (AvgIpc) is 3.59. The highest BCUT2D eigenvalue weighted by Gasteiger charge is 2.31. The molecule has 6 rings (SSSR count). The molecule has 2 aliphatic rings. The number of thiazole rings is 2. The molecule has 0 saturated carbocycles. The number of benzene rings is 2. The highest BCUT2D eigenvalue weighted by atomic mass is 32.1. The maximum Gasteiger partial charge on any atom is 0.270 e. The van der Waals surface area contributed by atoms with Crippen LogP contribution in [0, 0.1) is 10.1 Å². The molecule has 0 spiro atoms. The van der Waals surface area contributed by atoms with Crippen LogP contribution in [0.25, 0.3) is 10.2 Å². The Morgan fingerprint density at radius 3 is 2.72 bits per heavy atom. The molecule has 2 aromatic heterocycles. The number of fused-ring (bicyclic) bond motifs is 3. The van der Waals surface area contributed by atoms with Crippen molar-refractivity contribution in [2.75, 3.05) is 17.4 Å². The third kappa shape index (κ3) is 4.12. The molecule has 1 unspecified atom stereocenters. The second-order valence-corrected chi connectivity index (χ2v) is 10.3. The number of amides is 2. The zero-order valence-electron chi connectivity index (χ0n) is 18.5. The molecule has 0 saturated heterocycles. The Balaban J connectivity index is 1.18. The minimum absolute atomic E-state index is 0.0289. The minimum atomic E-state index is -0.484. The van der Waals surface area contributed by atoms with Gasteiger partial charge in [-0.3, -0.25) is 25.0 Å². The van der Waals surface area contributed by atoms with Crippen LogP contribution in [-0.2, 0) is 11.2 Å². The van der Waals surface area contributed by atoms with Crippen LogP contribution in [0.15, 0.2) is 36.4 Å². The smallest absolute Gasteiger partial charge is 0.270 e. The van der Waals surface area contributed by atoms with E-state index >= 15 is 0 Å². The number of nitro benzene ring substituents is 1. The number of hydrogen-bond acceptors (Lipinski definition) is 10. The molecule has 4 aromatic rings. The van der Waals surface area contributed by atoms with Crippen LogP contribution < -0.4 is 20.1 Å². The first-order valence-electron chi connectivity index (χ1n) is 11.0. The normalized spacial score (nSPS) is 15.9. The lowest BCUT2D eigenvalue weighted by atomic mass is 9.90. The lowest BCUT2D eigenvalue weighted by Gasteiger charge is -2.19. The average molecular weight is 524 g/mol. The van der Waals surface area contributed by atoms with Crippen LogP contribution in [0.5, 0.6) is 11.5 Å². The molecular formula is C23H17N5O6S2. The first kappa shape index (κ1) is 22.4. The number of nitrogens with zero attached hydrogens (tertiary/aromatic N) is 3. The topological polar surface area (TPSA) is 146 Å². The van der Waals surface area contributed by atoms with Gasteiger partial charge in [0.1, 0.15) is 0 Å². The number of non-ortho nitro benzene ring substituents is 1. The maximum atomic E-state index is 13.1. The summed E-state index contributed by atoms with van der Waals surface area (Å²) < 4.78 is 11.2. The number of anilines is 2. The fraction of sp³-hybridized carbons (Fsp3) is 0.217. The van der Waals surface area contributed by atoms with Gasteiger partial charge >= 0.3 is 0 Å². The molecule has 3 heterocycles. The molecular weight excluding hydrogens is 506 g/mol. The van der Waals surface area contributed by atoms with Crippen molar-refractivity contribution >= 4 is 60.7 Å². The predicted molar refractivity (Wildman–Crippen MR) is 133 cm³/mol. The lowest BCUT2D eigenvalue weighted by molar-refractivity contribution is -0.384. The molecule has 11 nitrogen and oxygen atoms in total. The number of nitro groups is 1. The molecule has 1 aliphatic carbocycles. The zero-order valence-corrected chi connectivity index (χ0v) is 20.1. The van der Waals surface area contributed by atoms with E-state index in [0.29, 0.717) is 49.7 Å². The Hall–Kier alpha value is -4.10. The van der Waals surface area contributed by atoms with E-state index in [2.05, 4.69) is 20.6 Å². The molecule has 0 bridgehead atoms. The summed E-state index contributed by atoms with van der Waals surface area (Å²) >= 11 is 2.54. The van der Waals surface area contributed by atoms with Crippen molar-refractivity contribution in [1.29, 1.82) is 0 Å². The third-order valence-electron chi connectivity index (χ3n) is 5.94. The van der Waals surface area contributed by atoms with Gasteiger partial charge in [0, 0.05) is 22.6 Å². The molecule has 1 aliphatic heterocycles. The van der Waals surface area contributed by atoms with Crippen molar-refractivity contribution in [1.82, 2.24) is 9.97 Å². The Bertz CT molecular complexity index is 1550. The quantitative estimate of drug-likeness (QED) is 0.283. The highest BCUT2D eigenvalue weighted by Crippen LogP contribution is 2.39. The monoisotopic (exact) mass is 523 g/mol. The van der Waals surface area contributed by atoms with Crippen LogP contribution in [0.2, 0.25) is 0 Å². The Morgan fingerprint density at radius 2 is 1.86 bits per heavy atom. The van der Waals surface area contributed by atoms with Crippen molar-refractivity contribution in [3.05, 3.63) is 62.6 Å². The molecule has 0 fully saturated rings. The molecule has 13 heteroatoms. The van der Waals surface area contributed by atoms with E-state index < -0.39 is 10.8 Å². The molecule has 0 radical (unpaired) electrons. The Kier molecular flexibility index (Phi) is 5.49. The summed E-state index contributed by atoms with van der Waals surface area (Å²) in [6, 6.07) is 9.35. The van der Waals surface area contributed by atoms with Gasteiger partial charge in [0.2, 0.25) is 12.7 Å². The number of nitrogens with one attached hydrogen (secondary N) is 2. The molecule has 1 atom stereocenters. The Morgan fingerprint density at radius 1 is 1.03 bits per heavy atom. The van der Waals surface area contributed by atoms with Crippen LogP contribution in [0.1, 0.15) is 39.7 Å². The fourth-order valence-electron chi connectivity index (χ4n) is 4.21. The van der Waals surface area contributed by atoms with Crippen LogP contribution >= 0.6 is 22.7 Å². The summed E-state index contributed by atoms with van der Waals surface area (Å²) in [4.78, 5) is 46.4. The number of ether oxygens (including phenoxy) is 2. The predicted octanol–water partition coefficient (Wildman–Crippen LogP) is 4.70. The SMILES string of the molecule is O=C(Nc1nc2c(s1)CCCC2C(=O)Nc1nc2ccc([N+](=O)[O-])cc2s1)c1ccc2c(c1)OCO2. The Labute approximate surface area is 211 Å². The lowest BCUT2D eigenvalue weighted by Crippen LogP contribution is -2.24. The van der Waals surface area contributed by atoms with E-state index in [0.717, 1.165) is 17.7 Å². The van der Waals surface area contributed by atoms with Gasteiger partial charge in [-0.05, 0) is 43.5 Å².